The van der Waals surface area contributed by atoms with Gasteiger partial charge in [0.05, 0.1) is 0 Å². The second-order valence-corrected chi connectivity index (χ2v) is 29.9. The summed E-state index contributed by atoms with van der Waals surface area (Å²) < 4.78 is 74.6. The van der Waals surface area contributed by atoms with Crippen LogP contribution in [0.3, 0.4) is 0 Å². The zero-order chi connectivity index (χ0) is 66.2. The quantitative estimate of drug-likeness (QED) is 0.0123. The van der Waals surface area contributed by atoms with Crippen LogP contribution in [-0.2, 0) is 28.4 Å². The second-order valence-electron chi connectivity index (χ2n) is 18.0. The average Bonchev–Trinajstić information content (AvgIpc) is 0.834. The summed E-state index contributed by atoms with van der Waals surface area (Å²) in [7, 11) is 0. The zero-order valence-electron chi connectivity index (χ0n) is 49.4. The standard InChI is InChI=1S/6C11H10O3.C6H3.3Sb/c6*1-2-3-8-14-11(13)9-4-6-10(12)7-5-9;1-2-4-6-5-3-1;;;/h6*2-8,12H,1H2;1,4-5H;;;/q;;;;;;;3*+2/p-6. The average molecular weight is 1580 g/mol. The van der Waals surface area contributed by atoms with Crippen LogP contribution in [0.4, 0.5) is 0 Å². The van der Waals surface area contributed by atoms with Crippen LogP contribution in [-0.4, -0.2) is 99.0 Å². The van der Waals surface area contributed by atoms with Crippen molar-refractivity contribution < 1.29 is 75.3 Å². The fourth-order valence-corrected chi connectivity index (χ4v) is 21.5. The van der Waals surface area contributed by atoms with Gasteiger partial charge in [0.2, 0.25) is 0 Å². The number of esters is 6. The van der Waals surface area contributed by atoms with E-state index in [1.54, 1.807) is 72.8 Å². The molecule has 0 aliphatic heterocycles. The Morgan fingerprint density at radius 2 is 0.376 bits per heavy atom. The molecule has 7 aromatic carbocycles. The Balaban J connectivity index is 1.44. The van der Waals surface area contributed by atoms with Crippen molar-refractivity contribution in [2.75, 3.05) is 0 Å². The summed E-state index contributed by atoms with van der Waals surface area (Å²) in [6.45, 7) is 21.6. The van der Waals surface area contributed by atoms with Crippen molar-refractivity contribution in [2.45, 2.75) is 0 Å². The van der Waals surface area contributed by atoms with Gasteiger partial charge >= 0.3 is 566 Å². The first kappa shape index (κ1) is 70.0. The summed E-state index contributed by atoms with van der Waals surface area (Å²) in [5, 5.41) is 0. The van der Waals surface area contributed by atoms with Gasteiger partial charge in [0.15, 0.2) is 0 Å². The second kappa shape index (κ2) is 37.6. The number of hydrogen-bond donors (Lipinski definition) is 0. The SMILES string of the molecule is C=CC=COC(=O)c1ccc([O][Sb]([O]c2ccc(C(=O)OC=CC=C)cc2)[c]2c[c]([Sb]([O]c3ccc(C(=O)OC=CC=C)cc3)[O]c3ccc(C(=O)OC=CC=C)cc3)c[c]([Sb]([O]c3ccc(C(=O)OC=CC=C)cc3)[O]c3ccc(C(=O)OC=CC=C)cc3)c2)cc1. The maximum atomic E-state index is 13.0. The third-order valence-electron chi connectivity index (χ3n) is 11.5. The van der Waals surface area contributed by atoms with Crippen LogP contribution in [0.5, 0.6) is 34.5 Å². The van der Waals surface area contributed by atoms with E-state index in [2.05, 4.69) is 39.5 Å². The molecule has 21 heteroatoms. The first-order chi connectivity index (χ1) is 45.3. The van der Waals surface area contributed by atoms with Gasteiger partial charge in [-0.3, -0.25) is 0 Å². The van der Waals surface area contributed by atoms with Crippen LogP contribution in [0, 0.1) is 0 Å². The van der Waals surface area contributed by atoms with Gasteiger partial charge < -0.3 is 0 Å². The number of carbonyl (C=O) groups excluding carboxylic acids is 6. The molecule has 0 saturated heterocycles. The molecule has 0 heterocycles. The van der Waals surface area contributed by atoms with Crippen molar-refractivity contribution in [1.29, 1.82) is 0 Å². The number of ether oxygens (including phenoxy) is 6. The summed E-state index contributed by atoms with van der Waals surface area (Å²) in [6.07, 6.45) is 24.8. The number of hydrogen-bond acceptors (Lipinski definition) is 18. The van der Waals surface area contributed by atoms with Gasteiger partial charge in [0.25, 0.3) is 0 Å². The Morgan fingerprint density at radius 1 is 0.237 bits per heavy atom. The van der Waals surface area contributed by atoms with Gasteiger partial charge in [-0.25, -0.2) is 0 Å². The topological polar surface area (TPSA) is 213 Å². The van der Waals surface area contributed by atoms with Crippen molar-refractivity contribution >= 4 is 109 Å². The Labute approximate surface area is 561 Å². The van der Waals surface area contributed by atoms with Gasteiger partial charge in [-0.1, -0.05) is 0 Å². The first-order valence-electron chi connectivity index (χ1n) is 27.5. The Hall–Kier alpha value is -10.5. The third kappa shape index (κ3) is 22.4. The molecule has 0 N–H and O–H groups in total. The molecule has 0 aromatic heterocycles. The van der Waals surface area contributed by atoms with Crippen LogP contribution in [0.2, 0.25) is 0 Å². The fourth-order valence-electron chi connectivity index (χ4n) is 7.10. The van der Waals surface area contributed by atoms with E-state index in [0.29, 0.717) is 45.0 Å². The van der Waals surface area contributed by atoms with E-state index < -0.39 is 99.0 Å². The Morgan fingerprint density at radius 3 is 0.505 bits per heavy atom. The van der Waals surface area contributed by atoms with Gasteiger partial charge in [-0.2, -0.15) is 0 Å². The summed E-state index contributed by atoms with van der Waals surface area (Å²) in [4.78, 5) is 78.2. The molecule has 0 saturated carbocycles. The molecule has 0 bridgehead atoms. The van der Waals surface area contributed by atoms with Crippen LogP contribution in [0.25, 0.3) is 0 Å². The minimum atomic E-state index is -4.12. The van der Waals surface area contributed by atoms with Crippen LogP contribution in [0.1, 0.15) is 62.1 Å². The monoisotopic (exact) mass is 1570 g/mol. The molecule has 0 aliphatic carbocycles. The van der Waals surface area contributed by atoms with Gasteiger partial charge in [0.1, 0.15) is 0 Å². The van der Waals surface area contributed by atoms with Crippen molar-refractivity contribution in [1.82, 2.24) is 0 Å². The number of carbonyl (C=O) groups is 6. The normalized spacial score (nSPS) is 11.1. The summed E-state index contributed by atoms with van der Waals surface area (Å²) in [5.41, 5.74) is 1.24. The number of allylic oxidation sites excluding steroid dienone is 12. The predicted octanol–water partition coefficient (Wildman–Crippen LogP) is 12.4. The van der Waals surface area contributed by atoms with Crippen molar-refractivity contribution in [2.24, 2.45) is 0 Å². The maximum absolute atomic E-state index is 13.0. The van der Waals surface area contributed by atoms with E-state index in [9.17, 15) is 28.8 Å². The number of benzene rings is 7. The van der Waals surface area contributed by atoms with Crippen molar-refractivity contribution in [3.05, 3.63) is 347 Å². The fraction of sp³-hybridized carbons (Fsp3) is 0. The van der Waals surface area contributed by atoms with E-state index in [1.165, 1.54) is 183 Å². The minimum absolute atomic E-state index is 0.207. The first-order valence-corrected chi connectivity index (χ1v) is 37.5. The summed E-state index contributed by atoms with van der Waals surface area (Å²) >= 11 is -12.4. The molecule has 0 unspecified atom stereocenters. The Bertz CT molecular complexity index is 3330. The molecule has 0 aliphatic rings. The molecule has 7 aromatic rings. The summed E-state index contributed by atoms with van der Waals surface area (Å²) in [6, 6.07) is 42.9. The van der Waals surface area contributed by atoms with E-state index in [4.69, 9.17) is 46.5 Å². The van der Waals surface area contributed by atoms with E-state index in [1.807, 2.05) is 18.2 Å². The van der Waals surface area contributed by atoms with Crippen LogP contribution < -0.4 is 28.6 Å². The van der Waals surface area contributed by atoms with E-state index >= 15 is 0 Å². The molecule has 0 amide bonds. The number of rotatable bonds is 33. The van der Waals surface area contributed by atoms with Crippen LogP contribution >= 0.6 is 0 Å². The van der Waals surface area contributed by atoms with Crippen LogP contribution in [0.15, 0.2) is 314 Å². The molecule has 0 spiro atoms. The van der Waals surface area contributed by atoms with E-state index in [0.717, 1.165) is 0 Å². The zero-order valence-corrected chi connectivity index (χ0v) is 57.1. The van der Waals surface area contributed by atoms with Crippen molar-refractivity contribution in [3.63, 3.8) is 0 Å². The van der Waals surface area contributed by atoms with Crippen molar-refractivity contribution in [3.8, 4) is 34.5 Å². The van der Waals surface area contributed by atoms with E-state index in [-0.39, 0.29) is 33.4 Å². The molecule has 0 atom stereocenters. The molecule has 18 nitrogen and oxygen atoms in total. The molecule has 468 valence electrons. The Kier molecular flexibility index (Phi) is 28.3. The molecular weight excluding hydrogens is 1520 g/mol. The van der Waals surface area contributed by atoms with Gasteiger partial charge in [-0.15, -0.1) is 0 Å². The molecular formula is C72H57O18Sb3. The van der Waals surface area contributed by atoms with Gasteiger partial charge in [-0.05, 0) is 0 Å². The molecule has 7 rings (SSSR count). The molecule has 0 fully saturated rings. The molecule has 0 radical (unpaired) electrons. The molecule has 93 heavy (non-hydrogen) atoms. The third-order valence-corrected chi connectivity index (χ3v) is 23.8. The van der Waals surface area contributed by atoms with Gasteiger partial charge in [0, 0.05) is 0 Å². The summed E-state index contributed by atoms with van der Waals surface area (Å²) in [5.74, 6) is -2.10. The predicted molar refractivity (Wildman–Crippen MR) is 354 cm³/mol.